The molecule has 0 saturated carbocycles. The Labute approximate surface area is 133 Å². The third kappa shape index (κ3) is 5.13. The molecule has 1 heterocycles. The van der Waals surface area contributed by atoms with Crippen LogP contribution in [0.2, 0.25) is 0 Å². The van der Waals surface area contributed by atoms with E-state index in [-0.39, 0.29) is 24.9 Å². The van der Waals surface area contributed by atoms with E-state index < -0.39 is 0 Å². The van der Waals surface area contributed by atoms with E-state index in [1.807, 2.05) is 29.2 Å². The van der Waals surface area contributed by atoms with Crippen molar-refractivity contribution in [2.45, 2.75) is 19.3 Å². The van der Waals surface area contributed by atoms with Crippen LogP contribution in [-0.2, 0) is 9.59 Å². The number of amides is 2. The summed E-state index contributed by atoms with van der Waals surface area (Å²) >= 11 is 3.37. The van der Waals surface area contributed by atoms with Gasteiger partial charge in [-0.2, -0.15) is 0 Å². The lowest BCUT2D eigenvalue weighted by Gasteiger charge is -2.26. The fraction of sp³-hybridized carbons (Fsp3) is 0.467. The second kappa shape index (κ2) is 8.14. The second-order valence-electron chi connectivity index (χ2n) is 5.07. The molecular formula is C15H20BrN3O2. The summed E-state index contributed by atoms with van der Waals surface area (Å²) in [6.45, 7) is 2.01. The first kappa shape index (κ1) is 16.0. The molecule has 0 aromatic heterocycles. The van der Waals surface area contributed by atoms with Gasteiger partial charge in [-0.3, -0.25) is 14.9 Å². The highest BCUT2D eigenvalue weighted by molar-refractivity contribution is 9.10. The SMILES string of the molecule is O=C(CNCC(=O)N1CCCCC1)Nc1ccccc1Br. The number of nitrogens with zero attached hydrogens (tertiary/aromatic N) is 1. The molecule has 0 bridgehead atoms. The lowest BCUT2D eigenvalue weighted by atomic mass is 10.1. The van der Waals surface area contributed by atoms with E-state index >= 15 is 0 Å². The van der Waals surface area contributed by atoms with Gasteiger partial charge in [-0.15, -0.1) is 0 Å². The first-order valence-corrected chi connectivity index (χ1v) is 7.99. The minimum absolute atomic E-state index is 0.0726. The molecule has 0 atom stereocenters. The molecule has 2 N–H and O–H groups in total. The Balaban J connectivity index is 1.69. The molecule has 0 aliphatic carbocycles. The molecule has 0 spiro atoms. The maximum absolute atomic E-state index is 11.9. The number of hydrogen-bond acceptors (Lipinski definition) is 3. The van der Waals surface area contributed by atoms with E-state index in [0.717, 1.165) is 36.1 Å². The average molecular weight is 354 g/mol. The van der Waals surface area contributed by atoms with Gasteiger partial charge in [-0.1, -0.05) is 12.1 Å². The third-order valence-corrected chi connectivity index (χ3v) is 4.11. The number of carbonyl (C=O) groups excluding carboxylic acids is 2. The molecule has 1 aromatic carbocycles. The van der Waals surface area contributed by atoms with Crippen molar-refractivity contribution in [1.82, 2.24) is 10.2 Å². The number of para-hydroxylation sites is 1. The number of nitrogens with one attached hydrogen (secondary N) is 2. The largest absolute Gasteiger partial charge is 0.342 e. The maximum atomic E-state index is 11.9. The average Bonchev–Trinajstić information content (AvgIpc) is 2.50. The van der Waals surface area contributed by atoms with Gasteiger partial charge in [0.15, 0.2) is 0 Å². The number of hydrogen-bond donors (Lipinski definition) is 2. The Morgan fingerprint density at radius 3 is 2.52 bits per heavy atom. The summed E-state index contributed by atoms with van der Waals surface area (Å²) in [7, 11) is 0. The van der Waals surface area contributed by atoms with Crippen LogP contribution in [0.3, 0.4) is 0 Å². The maximum Gasteiger partial charge on any atom is 0.238 e. The summed E-state index contributed by atoms with van der Waals surface area (Å²) in [5.74, 6) is -0.0864. The molecule has 6 heteroatoms. The molecule has 1 fully saturated rings. The molecule has 0 unspecified atom stereocenters. The quantitative estimate of drug-likeness (QED) is 0.850. The third-order valence-electron chi connectivity index (χ3n) is 3.42. The van der Waals surface area contributed by atoms with E-state index in [0.29, 0.717) is 0 Å². The van der Waals surface area contributed by atoms with Crippen molar-refractivity contribution in [3.8, 4) is 0 Å². The summed E-state index contributed by atoms with van der Waals surface area (Å²) in [6.07, 6.45) is 3.36. The van der Waals surface area contributed by atoms with Crippen LogP contribution in [0.4, 0.5) is 5.69 Å². The van der Waals surface area contributed by atoms with Gasteiger partial charge in [-0.25, -0.2) is 0 Å². The molecular weight excluding hydrogens is 334 g/mol. The highest BCUT2D eigenvalue weighted by atomic mass is 79.9. The zero-order chi connectivity index (χ0) is 15.1. The van der Waals surface area contributed by atoms with Crippen LogP contribution in [0.15, 0.2) is 28.7 Å². The standard InChI is InChI=1S/C15H20BrN3O2/c16-12-6-2-3-7-13(12)18-14(20)10-17-11-15(21)19-8-4-1-5-9-19/h2-3,6-7,17H,1,4-5,8-11H2,(H,18,20). The summed E-state index contributed by atoms with van der Waals surface area (Å²) < 4.78 is 0.836. The highest BCUT2D eigenvalue weighted by Gasteiger charge is 2.16. The van der Waals surface area contributed by atoms with Crippen LogP contribution in [0.25, 0.3) is 0 Å². The van der Waals surface area contributed by atoms with Gasteiger partial charge in [0.05, 0.1) is 18.8 Å². The lowest BCUT2D eigenvalue weighted by molar-refractivity contribution is -0.131. The van der Waals surface area contributed by atoms with Gasteiger partial charge in [0, 0.05) is 17.6 Å². The van der Waals surface area contributed by atoms with Crippen molar-refractivity contribution in [2.75, 3.05) is 31.5 Å². The minimum atomic E-state index is -0.159. The van der Waals surface area contributed by atoms with Crippen molar-refractivity contribution >= 4 is 33.4 Å². The van der Waals surface area contributed by atoms with Crippen LogP contribution < -0.4 is 10.6 Å². The number of benzene rings is 1. The smallest absolute Gasteiger partial charge is 0.238 e. The van der Waals surface area contributed by atoms with Crippen LogP contribution in [0.5, 0.6) is 0 Å². The number of piperidine rings is 1. The number of rotatable bonds is 5. The summed E-state index contributed by atoms with van der Waals surface area (Å²) in [6, 6.07) is 7.42. The molecule has 2 amide bonds. The Morgan fingerprint density at radius 2 is 1.81 bits per heavy atom. The minimum Gasteiger partial charge on any atom is -0.342 e. The molecule has 1 saturated heterocycles. The molecule has 2 rings (SSSR count). The van der Waals surface area contributed by atoms with E-state index in [2.05, 4.69) is 26.6 Å². The topological polar surface area (TPSA) is 61.4 Å². The Hall–Kier alpha value is -1.40. The van der Waals surface area contributed by atoms with E-state index in [1.54, 1.807) is 0 Å². The first-order valence-electron chi connectivity index (χ1n) is 7.19. The second-order valence-corrected chi connectivity index (χ2v) is 5.93. The van der Waals surface area contributed by atoms with Gasteiger partial charge in [0.25, 0.3) is 0 Å². The van der Waals surface area contributed by atoms with Crippen molar-refractivity contribution in [1.29, 1.82) is 0 Å². The monoisotopic (exact) mass is 353 g/mol. The molecule has 21 heavy (non-hydrogen) atoms. The van der Waals surface area contributed by atoms with Gasteiger partial charge >= 0.3 is 0 Å². The Kier molecular flexibility index (Phi) is 6.20. The van der Waals surface area contributed by atoms with Gasteiger partial charge < -0.3 is 10.2 Å². The van der Waals surface area contributed by atoms with Crippen LogP contribution in [0, 0.1) is 0 Å². The Morgan fingerprint density at radius 1 is 1.10 bits per heavy atom. The summed E-state index contributed by atoms with van der Waals surface area (Å²) in [4.78, 5) is 25.6. The predicted octanol–water partition coefficient (Wildman–Crippen LogP) is 1.99. The number of carbonyl (C=O) groups is 2. The molecule has 1 aliphatic heterocycles. The van der Waals surface area contributed by atoms with Gasteiger partial charge in [-0.05, 0) is 47.3 Å². The molecule has 114 valence electrons. The fourth-order valence-electron chi connectivity index (χ4n) is 2.30. The van der Waals surface area contributed by atoms with E-state index in [4.69, 9.17) is 0 Å². The summed E-state index contributed by atoms with van der Waals surface area (Å²) in [5.41, 5.74) is 0.728. The van der Waals surface area contributed by atoms with Gasteiger partial charge in [0.2, 0.25) is 11.8 Å². The van der Waals surface area contributed by atoms with Crippen molar-refractivity contribution < 1.29 is 9.59 Å². The first-order chi connectivity index (χ1) is 10.2. The predicted molar refractivity (Wildman–Crippen MR) is 86.1 cm³/mol. The Bertz CT molecular complexity index is 501. The number of halogens is 1. The fourth-order valence-corrected chi connectivity index (χ4v) is 2.68. The number of anilines is 1. The van der Waals surface area contributed by atoms with Crippen molar-refractivity contribution in [2.24, 2.45) is 0 Å². The van der Waals surface area contributed by atoms with E-state index in [9.17, 15) is 9.59 Å². The zero-order valence-electron chi connectivity index (χ0n) is 11.9. The highest BCUT2D eigenvalue weighted by Crippen LogP contribution is 2.20. The lowest BCUT2D eigenvalue weighted by Crippen LogP contribution is -2.42. The molecule has 5 nitrogen and oxygen atoms in total. The van der Waals surface area contributed by atoms with Crippen LogP contribution in [-0.4, -0.2) is 42.9 Å². The van der Waals surface area contributed by atoms with E-state index in [1.165, 1.54) is 6.42 Å². The molecule has 0 radical (unpaired) electrons. The van der Waals surface area contributed by atoms with Crippen LogP contribution in [0.1, 0.15) is 19.3 Å². The van der Waals surface area contributed by atoms with Crippen LogP contribution >= 0.6 is 15.9 Å². The summed E-state index contributed by atoms with van der Waals surface area (Å²) in [5, 5.41) is 5.69. The normalized spacial score (nSPS) is 14.8. The molecule has 1 aliphatic rings. The van der Waals surface area contributed by atoms with Gasteiger partial charge in [0.1, 0.15) is 0 Å². The van der Waals surface area contributed by atoms with Crippen molar-refractivity contribution in [3.63, 3.8) is 0 Å². The number of likely N-dealkylation sites (tertiary alicyclic amines) is 1. The zero-order valence-corrected chi connectivity index (χ0v) is 13.5. The van der Waals surface area contributed by atoms with Crippen molar-refractivity contribution in [3.05, 3.63) is 28.7 Å². The molecule has 1 aromatic rings.